The lowest BCUT2D eigenvalue weighted by atomic mass is 9.98. The molecule has 0 radical (unpaired) electrons. The van der Waals surface area contributed by atoms with Crippen LogP contribution in [0.25, 0.3) is 0 Å². The average Bonchev–Trinajstić information content (AvgIpc) is 2.70. The first-order valence-corrected chi connectivity index (χ1v) is 8.86. The second kappa shape index (κ2) is 9.72. The maximum absolute atomic E-state index is 12.0. The van der Waals surface area contributed by atoms with Gasteiger partial charge in [-0.2, -0.15) is 0 Å². The van der Waals surface area contributed by atoms with Gasteiger partial charge < -0.3 is 31.1 Å². The third kappa shape index (κ3) is 5.21. The molecule has 0 amide bonds. The fraction of sp³-hybridized carbons (Fsp3) is 0.300. The average molecular weight is 387 g/mol. The number of carboxylic acids is 1. The number of rotatable bonds is 10. The molecule has 0 aliphatic rings. The van der Waals surface area contributed by atoms with Crippen molar-refractivity contribution in [3.63, 3.8) is 0 Å². The number of aliphatic hydroxyl groups excluding tert-OH is 2. The summed E-state index contributed by atoms with van der Waals surface area (Å²) in [4.78, 5) is 12.0. The van der Waals surface area contributed by atoms with E-state index in [9.17, 15) is 15.0 Å². The molecule has 0 aromatic heterocycles. The zero-order chi connectivity index (χ0) is 20.7. The second-order valence-corrected chi connectivity index (χ2v) is 6.20. The van der Waals surface area contributed by atoms with Gasteiger partial charge in [-0.15, -0.1) is 0 Å². The van der Waals surface area contributed by atoms with E-state index in [1.807, 2.05) is 6.92 Å². The molecule has 8 heteroatoms. The highest BCUT2D eigenvalue weighted by atomic mass is 16.5. The Kier molecular flexibility index (Phi) is 7.36. The van der Waals surface area contributed by atoms with Gasteiger partial charge in [-0.05, 0) is 48.4 Å². The van der Waals surface area contributed by atoms with Crippen molar-refractivity contribution in [1.29, 1.82) is 5.41 Å². The highest BCUT2D eigenvalue weighted by Gasteiger charge is 2.25. The normalized spacial score (nSPS) is 12.8. The summed E-state index contributed by atoms with van der Waals surface area (Å²) in [5, 5.41) is 39.3. The van der Waals surface area contributed by atoms with Gasteiger partial charge in [0.25, 0.3) is 0 Å². The molecule has 2 rings (SSSR count). The van der Waals surface area contributed by atoms with Gasteiger partial charge in [-0.1, -0.05) is 13.0 Å². The summed E-state index contributed by atoms with van der Waals surface area (Å²) < 4.78 is 5.49. The molecule has 2 atom stereocenters. The highest BCUT2D eigenvalue weighted by molar-refractivity contribution is 5.95. The topological polar surface area (TPSA) is 149 Å². The quantitative estimate of drug-likeness (QED) is 0.270. The van der Waals surface area contributed by atoms with Crippen molar-refractivity contribution in [3.8, 4) is 5.75 Å². The first kappa shape index (κ1) is 21.2. The maximum Gasteiger partial charge on any atom is 0.330 e. The number of benzene rings is 2. The van der Waals surface area contributed by atoms with Crippen LogP contribution >= 0.6 is 0 Å². The predicted molar refractivity (Wildman–Crippen MR) is 106 cm³/mol. The van der Waals surface area contributed by atoms with Crippen molar-refractivity contribution in [2.75, 3.05) is 18.5 Å². The van der Waals surface area contributed by atoms with Crippen LogP contribution in [0.15, 0.2) is 42.5 Å². The predicted octanol–water partition coefficient (Wildman–Crippen LogP) is 2.02. The van der Waals surface area contributed by atoms with Gasteiger partial charge >= 0.3 is 5.97 Å². The Hall–Kier alpha value is -3.10. The number of nitrogens with one attached hydrogen (secondary N) is 2. The monoisotopic (exact) mass is 387 g/mol. The number of nitrogen functional groups attached to an aromatic ring is 1. The second-order valence-electron chi connectivity index (χ2n) is 6.20. The molecule has 0 heterocycles. The molecule has 0 saturated carbocycles. The number of anilines is 1. The van der Waals surface area contributed by atoms with Crippen LogP contribution in [-0.4, -0.2) is 40.3 Å². The summed E-state index contributed by atoms with van der Waals surface area (Å²) in [5.74, 6) is -0.906. The molecule has 7 N–H and O–H groups in total. The van der Waals surface area contributed by atoms with Crippen molar-refractivity contribution in [3.05, 3.63) is 59.2 Å². The minimum Gasteiger partial charge on any atom is -0.491 e. The van der Waals surface area contributed by atoms with Crippen LogP contribution in [0.2, 0.25) is 0 Å². The fourth-order valence-corrected chi connectivity index (χ4v) is 2.71. The van der Waals surface area contributed by atoms with E-state index in [0.29, 0.717) is 34.5 Å². The van der Waals surface area contributed by atoms with E-state index in [4.69, 9.17) is 21.0 Å². The molecule has 28 heavy (non-hydrogen) atoms. The van der Waals surface area contributed by atoms with Crippen molar-refractivity contribution in [1.82, 2.24) is 0 Å². The van der Waals surface area contributed by atoms with E-state index in [-0.39, 0.29) is 19.0 Å². The lowest BCUT2D eigenvalue weighted by molar-refractivity contribution is -0.138. The molecule has 0 bridgehead atoms. The Balaban J connectivity index is 2.41. The van der Waals surface area contributed by atoms with Crippen LogP contribution < -0.4 is 15.8 Å². The number of carboxylic acid groups (broad SMARTS) is 1. The molecule has 2 aromatic rings. The zero-order valence-corrected chi connectivity index (χ0v) is 15.6. The summed E-state index contributed by atoms with van der Waals surface area (Å²) >= 11 is 0. The van der Waals surface area contributed by atoms with E-state index in [1.165, 1.54) is 0 Å². The fourth-order valence-electron chi connectivity index (χ4n) is 2.71. The molecule has 2 aromatic carbocycles. The van der Waals surface area contributed by atoms with Crippen molar-refractivity contribution >= 4 is 17.5 Å². The zero-order valence-electron chi connectivity index (χ0n) is 15.6. The van der Waals surface area contributed by atoms with E-state index >= 15 is 0 Å². The molecule has 8 nitrogen and oxygen atoms in total. The Labute approximate surface area is 163 Å². The third-order valence-electron chi connectivity index (χ3n) is 4.22. The number of carbonyl (C=O) groups is 1. The molecular formula is C20H25N3O5. The van der Waals surface area contributed by atoms with Gasteiger partial charge in [0.15, 0.2) is 6.04 Å². The summed E-state index contributed by atoms with van der Waals surface area (Å²) in [6, 6.07) is 10.2. The van der Waals surface area contributed by atoms with E-state index in [2.05, 4.69) is 5.32 Å². The van der Waals surface area contributed by atoms with Gasteiger partial charge in [0.05, 0.1) is 12.7 Å². The number of nitrogens with two attached hydrogens (primary N) is 1. The maximum atomic E-state index is 12.0. The largest absolute Gasteiger partial charge is 0.491 e. The van der Waals surface area contributed by atoms with Gasteiger partial charge in [0.1, 0.15) is 18.2 Å². The van der Waals surface area contributed by atoms with Gasteiger partial charge in [-0.3, -0.25) is 5.41 Å². The Morgan fingerprint density at radius 3 is 2.46 bits per heavy atom. The van der Waals surface area contributed by atoms with Crippen LogP contribution in [0.3, 0.4) is 0 Å². The van der Waals surface area contributed by atoms with E-state index in [0.717, 1.165) is 0 Å². The van der Waals surface area contributed by atoms with Crippen LogP contribution in [-0.2, 0) is 4.79 Å². The van der Waals surface area contributed by atoms with Gasteiger partial charge in [0.2, 0.25) is 0 Å². The van der Waals surface area contributed by atoms with Gasteiger partial charge in [-0.25, -0.2) is 4.79 Å². The minimum atomic E-state index is -1.15. The van der Waals surface area contributed by atoms with Gasteiger partial charge in [0, 0.05) is 16.8 Å². The number of hydrogen-bond acceptors (Lipinski definition) is 6. The molecule has 1 unspecified atom stereocenters. The molecule has 0 aliphatic heterocycles. The number of ether oxygens (including phenoxy) is 1. The first-order chi connectivity index (χ1) is 13.4. The van der Waals surface area contributed by atoms with Crippen LogP contribution in [0.5, 0.6) is 5.75 Å². The van der Waals surface area contributed by atoms with Crippen molar-refractivity contribution in [2.24, 2.45) is 5.73 Å². The summed E-state index contributed by atoms with van der Waals surface area (Å²) in [6.07, 6.45) is -0.247. The smallest absolute Gasteiger partial charge is 0.330 e. The molecule has 0 saturated heterocycles. The van der Waals surface area contributed by atoms with Crippen LogP contribution in [0, 0.1) is 5.41 Å². The number of amidine groups is 1. The van der Waals surface area contributed by atoms with Crippen molar-refractivity contribution in [2.45, 2.75) is 25.5 Å². The Bertz CT molecular complexity index is 823. The first-order valence-electron chi connectivity index (χ1n) is 8.86. The number of hydrogen-bond donors (Lipinski definition) is 6. The van der Waals surface area contributed by atoms with Crippen LogP contribution in [0.4, 0.5) is 5.69 Å². The standard InChI is InChI=1S/C20H25N3O5/c1-2-16(25)13-5-8-17(28-10-9-24)15(11-13)18(20(26)27)23-14-6-3-12(4-7-14)19(21)22/h3-8,11,16,18,23-25H,2,9-10H2,1H3,(H3,21,22)(H,26,27)/t16-,18?/m0/s1. The Morgan fingerprint density at radius 2 is 1.93 bits per heavy atom. The third-order valence-corrected chi connectivity index (χ3v) is 4.22. The van der Waals surface area contributed by atoms with Crippen molar-refractivity contribution < 1.29 is 24.9 Å². The molecule has 0 fully saturated rings. The molecular weight excluding hydrogens is 362 g/mol. The van der Waals surface area contributed by atoms with E-state index < -0.39 is 18.1 Å². The molecule has 0 spiro atoms. The molecule has 150 valence electrons. The Morgan fingerprint density at radius 1 is 1.25 bits per heavy atom. The minimum absolute atomic E-state index is 0.0162. The lowest BCUT2D eigenvalue weighted by Crippen LogP contribution is -2.22. The summed E-state index contributed by atoms with van der Waals surface area (Å²) in [5.41, 5.74) is 7.40. The van der Waals surface area contributed by atoms with Crippen LogP contribution in [0.1, 0.15) is 42.2 Å². The number of aliphatic hydroxyl groups is 2. The summed E-state index contributed by atoms with van der Waals surface area (Å²) in [6.45, 7) is 1.63. The summed E-state index contributed by atoms with van der Waals surface area (Å²) in [7, 11) is 0. The SMILES string of the molecule is CC[C@H](O)c1ccc(OCCO)c(C(Nc2ccc(C(=N)N)cc2)C(=O)O)c1. The van der Waals surface area contributed by atoms with E-state index in [1.54, 1.807) is 42.5 Å². The lowest BCUT2D eigenvalue weighted by Gasteiger charge is -2.21. The highest BCUT2D eigenvalue weighted by Crippen LogP contribution is 2.32. The molecule has 0 aliphatic carbocycles. The number of aliphatic carboxylic acids is 1.